The van der Waals surface area contributed by atoms with Crippen LogP contribution in [0.15, 0.2) is 80.8 Å². The SMILES string of the molecule is C=C(F)/C(=C\C=C(/C)Cl)CC(=O)Nc1nc2ccc(C(O)Nc3ccc4[nH]c(=O)oc4c3)cc2s1. The average Bonchev–Trinajstić information content (AvgIpc) is 3.36. The van der Waals surface area contributed by atoms with Crippen LogP contribution in [0.5, 0.6) is 0 Å². The lowest BCUT2D eigenvalue weighted by molar-refractivity contribution is -0.115. The Labute approximate surface area is 207 Å². The van der Waals surface area contributed by atoms with Crippen LogP contribution in [0.2, 0.25) is 0 Å². The number of anilines is 2. The molecule has 0 fully saturated rings. The van der Waals surface area contributed by atoms with E-state index in [1.54, 1.807) is 43.3 Å². The van der Waals surface area contributed by atoms with E-state index in [2.05, 4.69) is 27.2 Å². The summed E-state index contributed by atoms with van der Waals surface area (Å²) in [5, 5.41) is 17.0. The molecule has 180 valence electrons. The summed E-state index contributed by atoms with van der Waals surface area (Å²) >= 11 is 6.98. The van der Waals surface area contributed by atoms with Crippen molar-refractivity contribution in [2.45, 2.75) is 19.6 Å². The van der Waals surface area contributed by atoms with Crippen molar-refractivity contribution in [2.75, 3.05) is 10.6 Å². The van der Waals surface area contributed by atoms with Crippen LogP contribution in [-0.2, 0) is 4.79 Å². The lowest BCUT2D eigenvalue weighted by Crippen LogP contribution is -2.12. The van der Waals surface area contributed by atoms with E-state index in [0.717, 1.165) is 4.70 Å². The molecule has 1 amide bonds. The quantitative estimate of drug-likeness (QED) is 0.176. The number of carbonyl (C=O) groups is 1. The topological polar surface area (TPSA) is 120 Å². The van der Waals surface area contributed by atoms with Crippen LogP contribution in [0.3, 0.4) is 0 Å². The summed E-state index contributed by atoms with van der Waals surface area (Å²) in [6.07, 6.45) is 1.61. The van der Waals surface area contributed by atoms with Gasteiger partial charge >= 0.3 is 5.76 Å². The molecular formula is C24H20ClFN4O4S. The number of benzene rings is 2. The van der Waals surface area contributed by atoms with Crippen LogP contribution in [-0.4, -0.2) is 21.0 Å². The Hall–Kier alpha value is -3.73. The van der Waals surface area contributed by atoms with Crippen molar-refractivity contribution in [1.29, 1.82) is 0 Å². The van der Waals surface area contributed by atoms with E-state index in [1.807, 2.05) is 0 Å². The molecule has 4 rings (SSSR count). The normalized spacial score (nSPS) is 13.3. The predicted octanol–water partition coefficient (Wildman–Crippen LogP) is 5.71. The maximum absolute atomic E-state index is 13.7. The van der Waals surface area contributed by atoms with E-state index in [0.29, 0.717) is 38.0 Å². The zero-order chi connectivity index (χ0) is 25.1. The zero-order valence-electron chi connectivity index (χ0n) is 18.4. The van der Waals surface area contributed by atoms with Gasteiger partial charge in [-0.3, -0.25) is 9.78 Å². The van der Waals surface area contributed by atoms with Gasteiger partial charge in [-0.1, -0.05) is 41.7 Å². The summed E-state index contributed by atoms with van der Waals surface area (Å²) in [5.74, 6) is -1.73. The molecule has 0 bridgehead atoms. The molecule has 8 nitrogen and oxygen atoms in total. The number of aliphatic hydroxyl groups is 1. The second-order valence-corrected chi connectivity index (χ2v) is 9.22. The summed E-state index contributed by atoms with van der Waals surface area (Å²) in [5.41, 5.74) is 2.79. The second-order valence-electron chi connectivity index (χ2n) is 7.59. The minimum atomic E-state index is -1.05. The van der Waals surface area contributed by atoms with E-state index in [4.69, 9.17) is 16.0 Å². The monoisotopic (exact) mass is 514 g/mol. The molecule has 2 aromatic carbocycles. The first-order valence-electron chi connectivity index (χ1n) is 10.3. The number of fused-ring (bicyclic) bond motifs is 2. The predicted molar refractivity (Wildman–Crippen MR) is 136 cm³/mol. The Balaban J connectivity index is 1.46. The number of H-pyrrole nitrogens is 1. The first-order chi connectivity index (χ1) is 16.7. The van der Waals surface area contributed by atoms with Gasteiger partial charge in [0.2, 0.25) is 5.91 Å². The molecule has 1 atom stereocenters. The molecule has 0 spiro atoms. The Morgan fingerprint density at radius 2 is 2.14 bits per heavy atom. The largest absolute Gasteiger partial charge is 0.417 e. The number of nitrogens with zero attached hydrogens (tertiary/aromatic N) is 1. The van der Waals surface area contributed by atoms with Crippen molar-refractivity contribution >= 4 is 61.0 Å². The van der Waals surface area contributed by atoms with E-state index >= 15 is 0 Å². The zero-order valence-corrected chi connectivity index (χ0v) is 20.0. The molecule has 2 heterocycles. The third-order valence-corrected chi connectivity index (χ3v) is 5.97. The van der Waals surface area contributed by atoms with Crippen molar-refractivity contribution in [2.24, 2.45) is 0 Å². The molecule has 0 radical (unpaired) electrons. The Morgan fingerprint density at radius 3 is 2.89 bits per heavy atom. The van der Waals surface area contributed by atoms with Gasteiger partial charge in [-0.25, -0.2) is 14.2 Å². The van der Waals surface area contributed by atoms with Crippen LogP contribution in [0.1, 0.15) is 25.1 Å². The lowest BCUT2D eigenvalue weighted by Gasteiger charge is -2.14. The van der Waals surface area contributed by atoms with E-state index in [9.17, 15) is 19.1 Å². The van der Waals surface area contributed by atoms with Gasteiger partial charge in [-0.05, 0) is 42.8 Å². The van der Waals surface area contributed by atoms with Gasteiger partial charge in [0.05, 0.1) is 22.2 Å². The maximum atomic E-state index is 13.7. The smallest absolute Gasteiger partial charge is 0.408 e. The number of rotatable bonds is 8. The molecule has 1 unspecified atom stereocenters. The van der Waals surface area contributed by atoms with Crippen molar-refractivity contribution in [3.05, 3.63) is 87.7 Å². The summed E-state index contributed by atoms with van der Waals surface area (Å²) in [6.45, 7) is 4.89. The molecule has 4 N–H and O–H groups in total. The summed E-state index contributed by atoms with van der Waals surface area (Å²) in [7, 11) is 0. The summed E-state index contributed by atoms with van der Waals surface area (Å²) in [4.78, 5) is 30.6. The fraction of sp³-hybridized carbons (Fsp3) is 0.125. The number of hydrogen-bond donors (Lipinski definition) is 4. The van der Waals surface area contributed by atoms with Gasteiger partial charge < -0.3 is 20.2 Å². The van der Waals surface area contributed by atoms with Crippen molar-refractivity contribution < 1.29 is 18.7 Å². The van der Waals surface area contributed by atoms with Gasteiger partial charge in [0, 0.05) is 22.3 Å². The van der Waals surface area contributed by atoms with Crippen LogP contribution in [0.25, 0.3) is 21.3 Å². The maximum Gasteiger partial charge on any atom is 0.417 e. The number of thiazole rings is 1. The van der Waals surface area contributed by atoms with E-state index < -0.39 is 23.7 Å². The van der Waals surface area contributed by atoms with Gasteiger partial charge in [0.15, 0.2) is 16.9 Å². The number of aromatic nitrogens is 2. The fourth-order valence-electron chi connectivity index (χ4n) is 3.24. The summed E-state index contributed by atoms with van der Waals surface area (Å²) in [6, 6.07) is 10.2. The number of aliphatic hydroxyl groups excluding tert-OH is 1. The number of hydrogen-bond acceptors (Lipinski definition) is 7. The molecule has 2 aromatic heterocycles. The van der Waals surface area contributed by atoms with Gasteiger partial charge in [-0.15, -0.1) is 0 Å². The molecule has 0 aliphatic rings. The van der Waals surface area contributed by atoms with Crippen LogP contribution in [0.4, 0.5) is 15.2 Å². The molecule has 0 aliphatic carbocycles. The molecular weight excluding hydrogens is 495 g/mol. The highest BCUT2D eigenvalue weighted by atomic mass is 35.5. The number of allylic oxidation sites excluding steroid dienone is 4. The first kappa shape index (κ1) is 24.4. The molecule has 0 saturated heterocycles. The summed E-state index contributed by atoms with van der Waals surface area (Å²) < 4.78 is 19.4. The van der Waals surface area contributed by atoms with Crippen LogP contribution < -0.4 is 16.4 Å². The first-order valence-corrected chi connectivity index (χ1v) is 11.5. The fourth-order valence-corrected chi connectivity index (χ4v) is 4.23. The Morgan fingerprint density at radius 1 is 1.34 bits per heavy atom. The Bertz CT molecular complexity index is 1550. The van der Waals surface area contributed by atoms with Gasteiger partial charge in [-0.2, -0.15) is 0 Å². The number of halogens is 2. The second kappa shape index (κ2) is 10.3. The van der Waals surface area contributed by atoms with E-state index in [-0.39, 0.29) is 12.0 Å². The van der Waals surface area contributed by atoms with Crippen LogP contribution >= 0.6 is 22.9 Å². The number of nitrogens with one attached hydrogen (secondary N) is 3. The number of oxazole rings is 1. The third kappa shape index (κ3) is 6.04. The minimum absolute atomic E-state index is 0.109. The van der Waals surface area contributed by atoms with Crippen molar-refractivity contribution in [1.82, 2.24) is 9.97 Å². The standard InChI is InChI=1S/C24H20ClFN4O4S/c1-12(25)3-4-14(13(2)26)10-21(31)30-23-28-18-7-5-15(9-20(18)35-23)22(32)27-16-6-8-17-19(11-16)34-24(33)29-17/h3-9,11,22,27,32H,2,10H2,1H3,(H,29,33)(H,28,30,31)/b12-3+,14-4-. The highest BCUT2D eigenvalue weighted by molar-refractivity contribution is 7.22. The molecule has 11 heteroatoms. The molecule has 35 heavy (non-hydrogen) atoms. The number of aromatic amines is 1. The molecule has 0 aliphatic heterocycles. The van der Waals surface area contributed by atoms with Crippen molar-refractivity contribution in [3.63, 3.8) is 0 Å². The molecule has 0 saturated carbocycles. The van der Waals surface area contributed by atoms with Gasteiger partial charge in [0.1, 0.15) is 5.83 Å². The highest BCUT2D eigenvalue weighted by Gasteiger charge is 2.14. The average molecular weight is 515 g/mol. The third-order valence-electron chi connectivity index (χ3n) is 4.91. The van der Waals surface area contributed by atoms with Crippen molar-refractivity contribution in [3.8, 4) is 0 Å². The van der Waals surface area contributed by atoms with E-state index in [1.165, 1.54) is 23.5 Å². The number of amides is 1. The van der Waals surface area contributed by atoms with Crippen LogP contribution in [0, 0.1) is 0 Å². The number of carbonyl (C=O) groups excluding carboxylic acids is 1. The van der Waals surface area contributed by atoms with Gasteiger partial charge in [0.25, 0.3) is 0 Å². The highest BCUT2D eigenvalue weighted by Crippen LogP contribution is 2.30. The lowest BCUT2D eigenvalue weighted by atomic mass is 10.1. The molecule has 4 aromatic rings. The minimum Gasteiger partial charge on any atom is -0.408 e. The Kier molecular flexibility index (Phi) is 7.15.